The van der Waals surface area contributed by atoms with Crippen molar-refractivity contribution in [3.63, 3.8) is 0 Å². The van der Waals surface area contributed by atoms with Crippen LogP contribution in [0.2, 0.25) is 0 Å². The molecule has 0 saturated carbocycles. The van der Waals surface area contributed by atoms with Gasteiger partial charge in [-0.25, -0.2) is 0 Å². The quantitative estimate of drug-likeness (QED) is 0.318. The smallest absolute Gasteiger partial charge is 0.289 e. The summed E-state index contributed by atoms with van der Waals surface area (Å²) in [6, 6.07) is 10.7. The van der Waals surface area contributed by atoms with Crippen LogP contribution >= 0.6 is 0 Å². The molecule has 1 amide bonds. The first-order valence-electron chi connectivity index (χ1n) is 7.27. The van der Waals surface area contributed by atoms with Crippen molar-refractivity contribution in [1.82, 2.24) is 4.57 Å². The maximum atomic E-state index is 12.0. The number of phenols is 1. The highest BCUT2D eigenvalue weighted by Crippen LogP contribution is 2.31. The molecule has 0 atom stereocenters. The van der Waals surface area contributed by atoms with Gasteiger partial charge in [0.05, 0.1) is 22.5 Å². The van der Waals surface area contributed by atoms with Gasteiger partial charge in [0.2, 0.25) is 0 Å². The molecule has 0 bridgehead atoms. The molecule has 0 fully saturated rings. The molecule has 8 heteroatoms. The molecule has 25 heavy (non-hydrogen) atoms. The van der Waals surface area contributed by atoms with Gasteiger partial charge in [-0.05, 0) is 6.07 Å². The topological polar surface area (TPSA) is 128 Å². The fraction of sp³-hybridized carbons (Fsp3) is 0.0588. The van der Waals surface area contributed by atoms with E-state index >= 15 is 0 Å². The number of phenolic OH excluding ortho intramolecular Hbond substituents is 1. The second-order valence-corrected chi connectivity index (χ2v) is 5.42. The Morgan fingerprint density at radius 1 is 1.16 bits per heavy atom. The Kier molecular flexibility index (Phi) is 3.94. The fourth-order valence-corrected chi connectivity index (χ4v) is 2.78. The lowest BCUT2D eigenvalue weighted by Crippen LogP contribution is -2.22. The minimum Gasteiger partial charge on any atom is -0.506 e. The average molecular weight is 339 g/mol. The van der Waals surface area contributed by atoms with Gasteiger partial charge in [-0.15, -0.1) is 0 Å². The van der Waals surface area contributed by atoms with Gasteiger partial charge < -0.3 is 15.4 Å². The summed E-state index contributed by atoms with van der Waals surface area (Å²) >= 11 is 0. The Morgan fingerprint density at radius 2 is 1.88 bits per heavy atom. The molecule has 8 nitrogen and oxygen atoms in total. The van der Waals surface area contributed by atoms with Crippen molar-refractivity contribution in [1.29, 1.82) is 0 Å². The van der Waals surface area contributed by atoms with Crippen LogP contribution in [0.15, 0.2) is 48.7 Å². The van der Waals surface area contributed by atoms with Crippen LogP contribution in [0.25, 0.3) is 10.9 Å². The Balaban J connectivity index is 2.19. The molecule has 0 aliphatic heterocycles. The van der Waals surface area contributed by atoms with Crippen molar-refractivity contribution < 1.29 is 19.6 Å². The third kappa shape index (κ3) is 2.80. The number of nitrogens with two attached hydrogens (primary N) is 1. The van der Waals surface area contributed by atoms with Gasteiger partial charge in [-0.3, -0.25) is 19.7 Å². The van der Waals surface area contributed by atoms with Crippen LogP contribution in [-0.4, -0.2) is 26.3 Å². The minimum absolute atomic E-state index is 0.0389. The van der Waals surface area contributed by atoms with Gasteiger partial charge in [0.15, 0.2) is 0 Å². The number of aromatic hydroxyl groups is 1. The molecule has 3 aromatic rings. The molecule has 1 aromatic heterocycles. The largest absolute Gasteiger partial charge is 0.506 e. The summed E-state index contributed by atoms with van der Waals surface area (Å²) in [5, 5.41) is 21.7. The monoisotopic (exact) mass is 339 g/mol. The third-order valence-corrected chi connectivity index (χ3v) is 3.87. The Bertz CT molecular complexity index is 1020. The van der Waals surface area contributed by atoms with E-state index in [1.165, 1.54) is 29.0 Å². The molecule has 0 saturated heterocycles. The van der Waals surface area contributed by atoms with Crippen molar-refractivity contribution in [2.45, 2.75) is 6.54 Å². The molecular weight excluding hydrogens is 326 g/mol. The number of hydrogen-bond acceptors (Lipinski definition) is 5. The van der Waals surface area contributed by atoms with Gasteiger partial charge in [0.25, 0.3) is 17.4 Å². The first-order valence-corrected chi connectivity index (χ1v) is 7.27. The molecule has 2 aromatic carbocycles. The molecule has 0 aliphatic carbocycles. The summed E-state index contributed by atoms with van der Waals surface area (Å²) in [5.41, 5.74) is 5.72. The highest BCUT2D eigenvalue weighted by Gasteiger charge is 2.22. The average Bonchev–Trinajstić information content (AvgIpc) is 2.94. The molecule has 0 spiro atoms. The van der Waals surface area contributed by atoms with Crippen LogP contribution in [-0.2, 0) is 11.3 Å². The molecule has 0 unspecified atom stereocenters. The van der Waals surface area contributed by atoms with Gasteiger partial charge in [-0.1, -0.05) is 30.3 Å². The Hall–Kier alpha value is -3.68. The van der Waals surface area contributed by atoms with Gasteiger partial charge >= 0.3 is 0 Å². The second kappa shape index (κ2) is 6.08. The predicted octanol–water partition coefficient (Wildman–Crippen LogP) is 1.97. The highest BCUT2D eigenvalue weighted by atomic mass is 16.6. The number of fused-ring (bicyclic) bond motifs is 1. The fourth-order valence-electron chi connectivity index (χ4n) is 2.78. The number of Topliss-reactive ketones (excluding diaryl/α,β-unsaturated/α-hetero) is 1. The van der Waals surface area contributed by atoms with E-state index in [0.29, 0.717) is 16.5 Å². The Morgan fingerprint density at radius 3 is 2.56 bits per heavy atom. The summed E-state index contributed by atoms with van der Waals surface area (Å²) in [6.45, 7) is 0.0390. The number of ketones is 1. The van der Waals surface area contributed by atoms with Crippen molar-refractivity contribution in [2.24, 2.45) is 5.73 Å². The van der Waals surface area contributed by atoms with E-state index in [1.54, 1.807) is 24.3 Å². The summed E-state index contributed by atoms with van der Waals surface area (Å²) in [7, 11) is 0. The Labute approximate surface area is 141 Å². The zero-order valence-electron chi connectivity index (χ0n) is 12.9. The second-order valence-electron chi connectivity index (χ2n) is 5.42. The SMILES string of the molecule is NC(=O)C(=O)c1cn(Cc2ccccc2[N+](=O)[O-])c2c(O)cccc12. The number of hydrogen-bond donors (Lipinski definition) is 2. The number of carbonyl (C=O) groups excluding carboxylic acids is 2. The lowest BCUT2D eigenvalue weighted by Gasteiger charge is -2.07. The normalized spacial score (nSPS) is 10.7. The summed E-state index contributed by atoms with van der Waals surface area (Å²) < 4.78 is 1.49. The number of amides is 1. The summed E-state index contributed by atoms with van der Waals surface area (Å²) in [5.74, 6) is -2.12. The third-order valence-electron chi connectivity index (χ3n) is 3.87. The number of nitro groups is 1. The molecular formula is C17H13N3O5. The lowest BCUT2D eigenvalue weighted by atomic mass is 10.1. The van der Waals surface area contributed by atoms with Crippen molar-refractivity contribution in [2.75, 3.05) is 0 Å². The van der Waals surface area contributed by atoms with Crippen LogP contribution in [0.1, 0.15) is 15.9 Å². The number of primary amides is 1. The van der Waals surface area contributed by atoms with E-state index in [9.17, 15) is 24.8 Å². The number of nitrogens with zero attached hydrogens (tertiary/aromatic N) is 2. The van der Waals surface area contributed by atoms with Crippen molar-refractivity contribution in [3.05, 3.63) is 69.9 Å². The van der Waals surface area contributed by atoms with E-state index in [1.807, 2.05) is 0 Å². The van der Waals surface area contributed by atoms with E-state index in [0.717, 1.165) is 0 Å². The lowest BCUT2D eigenvalue weighted by molar-refractivity contribution is -0.385. The number of rotatable bonds is 5. The molecule has 0 aliphatic rings. The van der Waals surface area contributed by atoms with Gasteiger partial charge in [0, 0.05) is 23.2 Å². The van der Waals surface area contributed by atoms with Crippen LogP contribution < -0.4 is 5.73 Å². The number of carbonyl (C=O) groups is 2. The molecule has 126 valence electrons. The molecule has 1 heterocycles. The number of aromatic nitrogens is 1. The highest BCUT2D eigenvalue weighted by molar-refractivity contribution is 6.44. The van der Waals surface area contributed by atoms with Crippen LogP contribution in [0.5, 0.6) is 5.75 Å². The van der Waals surface area contributed by atoms with E-state index in [-0.39, 0.29) is 23.5 Å². The maximum Gasteiger partial charge on any atom is 0.289 e. The number of nitro benzene ring substituents is 1. The number of benzene rings is 2. The summed E-state index contributed by atoms with van der Waals surface area (Å²) in [6.07, 6.45) is 1.37. The zero-order valence-corrected chi connectivity index (χ0v) is 12.9. The van der Waals surface area contributed by atoms with E-state index < -0.39 is 16.6 Å². The zero-order chi connectivity index (χ0) is 18.1. The van der Waals surface area contributed by atoms with Crippen LogP contribution in [0, 0.1) is 10.1 Å². The van der Waals surface area contributed by atoms with Crippen LogP contribution in [0.3, 0.4) is 0 Å². The number of para-hydroxylation sites is 2. The standard InChI is InChI=1S/C17H13N3O5/c18-17(23)16(22)12-9-19(15-11(12)5-3-7-14(15)21)8-10-4-1-2-6-13(10)20(24)25/h1-7,9,21H,8H2,(H2,18,23). The molecule has 0 radical (unpaired) electrons. The van der Waals surface area contributed by atoms with Crippen molar-refractivity contribution >= 4 is 28.3 Å². The molecule has 3 rings (SSSR count). The van der Waals surface area contributed by atoms with Gasteiger partial charge in [-0.2, -0.15) is 0 Å². The van der Waals surface area contributed by atoms with Crippen LogP contribution in [0.4, 0.5) is 5.69 Å². The molecule has 3 N–H and O–H groups in total. The van der Waals surface area contributed by atoms with E-state index in [4.69, 9.17) is 5.73 Å². The first kappa shape index (κ1) is 16.2. The predicted molar refractivity (Wildman–Crippen MR) is 89.3 cm³/mol. The maximum absolute atomic E-state index is 12.0. The van der Waals surface area contributed by atoms with E-state index in [2.05, 4.69) is 0 Å². The summed E-state index contributed by atoms with van der Waals surface area (Å²) in [4.78, 5) is 34.0. The minimum atomic E-state index is -1.12. The first-order chi connectivity index (χ1) is 11.9. The van der Waals surface area contributed by atoms with Crippen molar-refractivity contribution in [3.8, 4) is 5.75 Å². The van der Waals surface area contributed by atoms with Gasteiger partial charge in [0.1, 0.15) is 5.75 Å².